The molecule has 0 radical (unpaired) electrons. The first-order valence-corrected chi connectivity index (χ1v) is 6.72. The molecule has 0 aromatic carbocycles. The number of hydrogen-bond acceptors (Lipinski definition) is 3. The third-order valence-electron chi connectivity index (χ3n) is 4.53. The Bertz CT molecular complexity index is 273. The van der Waals surface area contributed by atoms with Crippen LogP contribution in [0.1, 0.15) is 38.5 Å². The lowest BCUT2D eigenvalue weighted by Crippen LogP contribution is -2.44. The molecule has 16 heavy (non-hydrogen) atoms. The van der Waals surface area contributed by atoms with Crippen molar-refractivity contribution in [1.29, 1.82) is 0 Å². The lowest BCUT2D eigenvalue weighted by molar-refractivity contribution is -0.122. The number of Topliss-reactive ketones (excluding diaryl/α,β-unsaturated/α-hetero) is 1. The van der Waals surface area contributed by atoms with Gasteiger partial charge in [-0.1, -0.05) is 0 Å². The Morgan fingerprint density at radius 1 is 1.19 bits per heavy atom. The summed E-state index contributed by atoms with van der Waals surface area (Å²) in [6, 6.07) is 1.14. The molecule has 2 heterocycles. The van der Waals surface area contributed by atoms with Crippen molar-refractivity contribution >= 4 is 5.78 Å². The van der Waals surface area contributed by atoms with E-state index in [9.17, 15) is 4.79 Å². The van der Waals surface area contributed by atoms with Crippen molar-refractivity contribution in [3.63, 3.8) is 0 Å². The zero-order chi connectivity index (χ0) is 11.0. The first-order chi connectivity index (χ1) is 7.86. The number of hydrogen-bond donors (Lipinski definition) is 0. The molecule has 3 atom stereocenters. The van der Waals surface area contributed by atoms with E-state index in [1.807, 2.05) is 0 Å². The zero-order valence-electron chi connectivity index (χ0n) is 9.86. The van der Waals surface area contributed by atoms with Crippen LogP contribution < -0.4 is 0 Å². The summed E-state index contributed by atoms with van der Waals surface area (Å²) in [6.45, 7) is 2.98. The predicted octanol–water partition coefficient (Wildman–Crippen LogP) is 1.61. The van der Waals surface area contributed by atoms with Crippen molar-refractivity contribution in [2.75, 3.05) is 19.8 Å². The Balaban J connectivity index is 1.70. The van der Waals surface area contributed by atoms with E-state index < -0.39 is 0 Å². The number of likely N-dealkylation sites (tertiary alicyclic amines) is 1. The van der Waals surface area contributed by atoms with Crippen LogP contribution in [0.25, 0.3) is 0 Å². The third-order valence-corrected chi connectivity index (χ3v) is 4.53. The van der Waals surface area contributed by atoms with Crippen LogP contribution in [0, 0.1) is 5.92 Å². The lowest BCUT2D eigenvalue weighted by atomic mass is 9.94. The normalized spacial score (nSPS) is 41.0. The summed E-state index contributed by atoms with van der Waals surface area (Å²) in [7, 11) is 0. The minimum atomic E-state index is 0.350. The largest absolute Gasteiger partial charge is 0.380 e. The van der Waals surface area contributed by atoms with Crippen molar-refractivity contribution in [2.24, 2.45) is 5.92 Å². The maximum absolute atomic E-state index is 11.9. The summed E-state index contributed by atoms with van der Waals surface area (Å²) in [5.74, 6) is 0.874. The lowest BCUT2D eigenvalue weighted by Gasteiger charge is -2.32. The molecule has 90 valence electrons. The fourth-order valence-corrected chi connectivity index (χ4v) is 3.73. The molecule has 3 fully saturated rings. The van der Waals surface area contributed by atoms with Crippen molar-refractivity contribution < 1.29 is 9.53 Å². The van der Waals surface area contributed by atoms with Gasteiger partial charge in [0.25, 0.3) is 0 Å². The third kappa shape index (κ3) is 1.80. The van der Waals surface area contributed by atoms with Gasteiger partial charge in [-0.25, -0.2) is 0 Å². The molecule has 3 rings (SSSR count). The SMILES string of the molecule is O=C1CCCC1C1CCCN1C1CCOC1. The molecule has 2 saturated heterocycles. The van der Waals surface area contributed by atoms with Crippen LogP contribution >= 0.6 is 0 Å². The highest BCUT2D eigenvalue weighted by molar-refractivity contribution is 5.83. The summed E-state index contributed by atoms with van der Waals surface area (Å²) in [4.78, 5) is 14.4. The molecule has 3 unspecified atom stereocenters. The van der Waals surface area contributed by atoms with Crippen LogP contribution in [0.4, 0.5) is 0 Å². The van der Waals surface area contributed by atoms with Crippen LogP contribution in [0.2, 0.25) is 0 Å². The molecule has 1 aliphatic carbocycles. The van der Waals surface area contributed by atoms with Crippen molar-refractivity contribution in [2.45, 2.75) is 50.6 Å². The minimum Gasteiger partial charge on any atom is -0.380 e. The van der Waals surface area contributed by atoms with E-state index >= 15 is 0 Å². The van der Waals surface area contributed by atoms with E-state index in [1.165, 1.54) is 19.4 Å². The van der Waals surface area contributed by atoms with E-state index in [0.717, 1.165) is 38.9 Å². The number of rotatable bonds is 2. The first kappa shape index (κ1) is 10.7. The fraction of sp³-hybridized carbons (Fsp3) is 0.923. The van der Waals surface area contributed by atoms with Crippen LogP contribution in [0.15, 0.2) is 0 Å². The Labute approximate surface area is 97.1 Å². The number of carbonyl (C=O) groups is 1. The average Bonchev–Trinajstić information content (AvgIpc) is 2.95. The minimum absolute atomic E-state index is 0.350. The van der Waals surface area contributed by atoms with Crippen molar-refractivity contribution in [3.8, 4) is 0 Å². The molecular weight excluding hydrogens is 202 g/mol. The van der Waals surface area contributed by atoms with Gasteiger partial charge in [0.15, 0.2) is 0 Å². The summed E-state index contributed by atoms with van der Waals surface area (Å²) < 4.78 is 5.48. The van der Waals surface area contributed by atoms with Crippen LogP contribution in [-0.4, -0.2) is 42.5 Å². The zero-order valence-corrected chi connectivity index (χ0v) is 9.86. The molecule has 1 saturated carbocycles. The molecule has 3 heteroatoms. The fourth-order valence-electron chi connectivity index (χ4n) is 3.73. The van der Waals surface area contributed by atoms with Gasteiger partial charge in [-0.05, 0) is 38.6 Å². The Hall–Kier alpha value is -0.410. The standard InChI is InChI=1S/C13H21NO2/c15-13-5-1-3-11(13)12-4-2-7-14(12)10-6-8-16-9-10/h10-12H,1-9H2. The number of ketones is 1. The van der Waals surface area contributed by atoms with Gasteiger partial charge in [0.2, 0.25) is 0 Å². The quantitative estimate of drug-likeness (QED) is 0.712. The number of carbonyl (C=O) groups excluding carboxylic acids is 1. The van der Waals surface area contributed by atoms with E-state index in [4.69, 9.17) is 4.74 Å². The second-order valence-corrected chi connectivity index (χ2v) is 5.43. The monoisotopic (exact) mass is 223 g/mol. The highest BCUT2D eigenvalue weighted by Gasteiger charge is 2.41. The van der Waals surface area contributed by atoms with Gasteiger partial charge in [0, 0.05) is 31.0 Å². The summed E-state index contributed by atoms with van der Waals surface area (Å²) in [5.41, 5.74) is 0. The topological polar surface area (TPSA) is 29.5 Å². The molecule has 3 nitrogen and oxygen atoms in total. The van der Waals surface area contributed by atoms with E-state index in [2.05, 4.69) is 4.90 Å². The first-order valence-electron chi connectivity index (χ1n) is 6.72. The van der Waals surface area contributed by atoms with Gasteiger partial charge in [-0.2, -0.15) is 0 Å². The Morgan fingerprint density at radius 3 is 2.81 bits per heavy atom. The highest BCUT2D eigenvalue weighted by atomic mass is 16.5. The maximum atomic E-state index is 11.9. The Morgan fingerprint density at radius 2 is 2.12 bits per heavy atom. The van der Waals surface area contributed by atoms with Crippen LogP contribution in [0.3, 0.4) is 0 Å². The maximum Gasteiger partial charge on any atom is 0.137 e. The number of ether oxygens (including phenoxy) is 1. The average molecular weight is 223 g/mol. The molecule has 3 aliphatic rings. The van der Waals surface area contributed by atoms with E-state index in [0.29, 0.717) is 23.8 Å². The summed E-state index contributed by atoms with van der Waals surface area (Å²) in [6.07, 6.45) is 6.74. The molecular formula is C13H21NO2. The van der Waals surface area contributed by atoms with Crippen LogP contribution in [0.5, 0.6) is 0 Å². The van der Waals surface area contributed by atoms with Gasteiger partial charge in [-0.3, -0.25) is 9.69 Å². The molecule has 0 spiro atoms. The van der Waals surface area contributed by atoms with Crippen molar-refractivity contribution in [3.05, 3.63) is 0 Å². The smallest absolute Gasteiger partial charge is 0.137 e. The van der Waals surface area contributed by atoms with E-state index in [1.54, 1.807) is 0 Å². The molecule has 0 aromatic rings. The molecule has 2 aliphatic heterocycles. The Kier molecular flexibility index (Phi) is 2.99. The van der Waals surface area contributed by atoms with Gasteiger partial charge < -0.3 is 4.74 Å². The van der Waals surface area contributed by atoms with Crippen LogP contribution in [-0.2, 0) is 9.53 Å². The molecule has 0 N–H and O–H groups in total. The second kappa shape index (κ2) is 4.46. The van der Waals surface area contributed by atoms with E-state index in [-0.39, 0.29) is 0 Å². The summed E-state index contributed by atoms with van der Waals surface area (Å²) >= 11 is 0. The molecule has 0 amide bonds. The summed E-state index contributed by atoms with van der Waals surface area (Å²) in [5, 5.41) is 0. The predicted molar refractivity (Wildman–Crippen MR) is 61.3 cm³/mol. The number of nitrogens with zero attached hydrogens (tertiary/aromatic N) is 1. The van der Waals surface area contributed by atoms with Gasteiger partial charge in [0.1, 0.15) is 5.78 Å². The van der Waals surface area contributed by atoms with Gasteiger partial charge >= 0.3 is 0 Å². The van der Waals surface area contributed by atoms with Gasteiger partial charge in [0.05, 0.1) is 6.61 Å². The molecule has 0 aromatic heterocycles. The van der Waals surface area contributed by atoms with Crippen molar-refractivity contribution in [1.82, 2.24) is 4.90 Å². The van der Waals surface area contributed by atoms with Gasteiger partial charge in [-0.15, -0.1) is 0 Å². The second-order valence-electron chi connectivity index (χ2n) is 5.43. The highest BCUT2D eigenvalue weighted by Crippen LogP contribution is 2.35. The molecule has 0 bridgehead atoms.